The summed E-state index contributed by atoms with van der Waals surface area (Å²) in [5.74, 6) is 0.220. The molecular weight excluding hydrogens is 266 g/mol. The van der Waals surface area contributed by atoms with Crippen molar-refractivity contribution in [2.24, 2.45) is 0 Å². The summed E-state index contributed by atoms with van der Waals surface area (Å²) in [7, 11) is 2.83. The van der Waals surface area contributed by atoms with Crippen molar-refractivity contribution in [1.29, 1.82) is 0 Å². The van der Waals surface area contributed by atoms with Gasteiger partial charge in [0.1, 0.15) is 11.4 Å². The number of alkyl halides is 2. The van der Waals surface area contributed by atoms with Crippen molar-refractivity contribution in [3.63, 3.8) is 0 Å². The van der Waals surface area contributed by atoms with Gasteiger partial charge < -0.3 is 9.47 Å². The van der Waals surface area contributed by atoms with E-state index in [1.165, 1.54) is 20.3 Å². The fourth-order valence-electron chi connectivity index (χ4n) is 1.77. The molecule has 0 amide bonds. The largest absolute Gasteiger partial charge is 0.350 e. The molecule has 0 unspecified atom stereocenters. The summed E-state index contributed by atoms with van der Waals surface area (Å²) in [5.41, 5.74) is 0.564. The van der Waals surface area contributed by atoms with E-state index >= 15 is 0 Å². The van der Waals surface area contributed by atoms with Gasteiger partial charge in [0.25, 0.3) is 6.43 Å². The molecule has 1 heterocycles. The third kappa shape index (κ3) is 3.15. The lowest BCUT2D eigenvalue weighted by Crippen LogP contribution is -2.09. The molecule has 0 N–H and O–H groups in total. The second-order valence-electron chi connectivity index (χ2n) is 4.01. The standard InChI is InChI=1S/C14H14F2N2O2/c1-19-14(20-2)11-8-10(12(15)16)17-13(18-11)9-6-4-3-5-7-9/h3-8,12,14H,1-2H3. The molecular formula is C14H14F2N2O2. The zero-order chi connectivity index (χ0) is 14.5. The second kappa shape index (κ2) is 6.49. The maximum absolute atomic E-state index is 12.9. The number of ether oxygens (including phenoxy) is 2. The summed E-state index contributed by atoms with van der Waals surface area (Å²) in [4.78, 5) is 8.12. The van der Waals surface area contributed by atoms with E-state index in [0.717, 1.165) is 0 Å². The number of benzene rings is 1. The van der Waals surface area contributed by atoms with E-state index in [-0.39, 0.29) is 17.2 Å². The van der Waals surface area contributed by atoms with Gasteiger partial charge in [-0.25, -0.2) is 18.7 Å². The maximum atomic E-state index is 12.9. The molecule has 20 heavy (non-hydrogen) atoms. The minimum absolute atomic E-state index is 0.220. The number of nitrogens with zero attached hydrogens (tertiary/aromatic N) is 2. The van der Waals surface area contributed by atoms with Gasteiger partial charge in [0.15, 0.2) is 5.82 Å². The van der Waals surface area contributed by atoms with Crippen LogP contribution in [0.15, 0.2) is 36.4 Å². The average molecular weight is 280 g/mol. The van der Waals surface area contributed by atoms with Crippen LogP contribution < -0.4 is 0 Å². The van der Waals surface area contributed by atoms with Crippen LogP contribution >= 0.6 is 0 Å². The zero-order valence-corrected chi connectivity index (χ0v) is 11.1. The normalized spacial score (nSPS) is 11.3. The molecule has 4 nitrogen and oxygen atoms in total. The van der Waals surface area contributed by atoms with Gasteiger partial charge in [-0.15, -0.1) is 0 Å². The molecule has 0 atom stereocenters. The van der Waals surface area contributed by atoms with E-state index in [4.69, 9.17) is 9.47 Å². The van der Waals surface area contributed by atoms with Gasteiger partial charge in [-0.3, -0.25) is 0 Å². The molecule has 1 aromatic heterocycles. The molecule has 0 radical (unpaired) electrons. The second-order valence-corrected chi connectivity index (χ2v) is 4.01. The fourth-order valence-corrected chi connectivity index (χ4v) is 1.77. The lowest BCUT2D eigenvalue weighted by atomic mass is 10.2. The number of hydrogen-bond donors (Lipinski definition) is 0. The van der Waals surface area contributed by atoms with Gasteiger partial charge in [-0.05, 0) is 6.07 Å². The Balaban J connectivity index is 2.52. The summed E-state index contributed by atoms with van der Waals surface area (Å²) in [6.45, 7) is 0. The molecule has 6 heteroatoms. The Morgan fingerprint density at radius 1 is 0.950 bits per heavy atom. The molecule has 2 aromatic rings. The molecule has 0 aliphatic rings. The lowest BCUT2D eigenvalue weighted by Gasteiger charge is -2.14. The number of halogens is 2. The van der Waals surface area contributed by atoms with E-state index < -0.39 is 12.7 Å². The summed E-state index contributed by atoms with van der Waals surface area (Å²) in [5, 5.41) is 0. The lowest BCUT2D eigenvalue weighted by molar-refractivity contribution is -0.108. The van der Waals surface area contributed by atoms with Crippen molar-refractivity contribution in [3.8, 4) is 11.4 Å². The first-order valence-electron chi connectivity index (χ1n) is 5.93. The van der Waals surface area contributed by atoms with Crippen molar-refractivity contribution in [3.05, 3.63) is 47.8 Å². The molecule has 0 saturated carbocycles. The molecule has 0 saturated heterocycles. The fraction of sp³-hybridized carbons (Fsp3) is 0.286. The highest BCUT2D eigenvalue weighted by atomic mass is 19.3. The number of hydrogen-bond acceptors (Lipinski definition) is 4. The molecule has 0 aliphatic heterocycles. The molecule has 0 fully saturated rings. The molecule has 0 bridgehead atoms. The minimum Gasteiger partial charge on any atom is -0.350 e. The highest BCUT2D eigenvalue weighted by Crippen LogP contribution is 2.25. The predicted molar refractivity (Wildman–Crippen MR) is 69.2 cm³/mol. The van der Waals surface area contributed by atoms with Crippen molar-refractivity contribution >= 4 is 0 Å². The monoisotopic (exact) mass is 280 g/mol. The highest BCUT2D eigenvalue weighted by molar-refractivity contribution is 5.54. The van der Waals surface area contributed by atoms with Gasteiger partial charge in [0, 0.05) is 19.8 Å². The Morgan fingerprint density at radius 2 is 1.55 bits per heavy atom. The number of aromatic nitrogens is 2. The van der Waals surface area contributed by atoms with E-state index in [1.807, 2.05) is 6.07 Å². The predicted octanol–water partition coefficient (Wildman–Crippen LogP) is 3.37. The van der Waals surface area contributed by atoms with Crippen molar-refractivity contribution in [2.75, 3.05) is 14.2 Å². The van der Waals surface area contributed by atoms with Crippen LogP contribution in [-0.4, -0.2) is 24.2 Å². The van der Waals surface area contributed by atoms with Gasteiger partial charge in [0.05, 0.1) is 0 Å². The van der Waals surface area contributed by atoms with E-state index in [2.05, 4.69) is 9.97 Å². The molecule has 2 rings (SSSR count). The third-order valence-electron chi connectivity index (χ3n) is 2.69. The van der Waals surface area contributed by atoms with Crippen LogP contribution in [0.2, 0.25) is 0 Å². The van der Waals surface area contributed by atoms with Crippen LogP contribution in [0.5, 0.6) is 0 Å². The summed E-state index contributed by atoms with van der Waals surface area (Å²) < 4.78 is 36.0. The Morgan fingerprint density at radius 3 is 2.10 bits per heavy atom. The van der Waals surface area contributed by atoms with Gasteiger partial charge in [0.2, 0.25) is 6.29 Å². The average Bonchev–Trinajstić information content (AvgIpc) is 2.49. The van der Waals surface area contributed by atoms with Crippen molar-refractivity contribution in [2.45, 2.75) is 12.7 Å². The number of rotatable bonds is 5. The van der Waals surface area contributed by atoms with E-state index in [0.29, 0.717) is 5.56 Å². The highest BCUT2D eigenvalue weighted by Gasteiger charge is 2.19. The smallest absolute Gasteiger partial charge is 0.280 e. The van der Waals surface area contributed by atoms with Crippen LogP contribution in [0.3, 0.4) is 0 Å². The van der Waals surface area contributed by atoms with Crippen LogP contribution in [-0.2, 0) is 9.47 Å². The summed E-state index contributed by atoms with van der Waals surface area (Å²) >= 11 is 0. The Hall–Kier alpha value is -1.92. The Kier molecular flexibility index (Phi) is 4.70. The van der Waals surface area contributed by atoms with Gasteiger partial charge in [-0.2, -0.15) is 0 Å². The molecule has 1 aromatic carbocycles. The minimum atomic E-state index is -2.69. The first kappa shape index (κ1) is 14.5. The quantitative estimate of drug-likeness (QED) is 0.788. The van der Waals surface area contributed by atoms with E-state index in [1.54, 1.807) is 24.3 Å². The summed E-state index contributed by atoms with van der Waals surface area (Å²) in [6.07, 6.45) is -3.49. The van der Waals surface area contributed by atoms with Crippen LogP contribution in [0.4, 0.5) is 8.78 Å². The molecule has 0 spiro atoms. The topological polar surface area (TPSA) is 44.2 Å². The SMILES string of the molecule is COC(OC)c1cc(C(F)F)nc(-c2ccccc2)n1. The Labute approximate surface area is 115 Å². The van der Waals surface area contributed by atoms with E-state index in [9.17, 15) is 8.78 Å². The number of methoxy groups -OCH3 is 2. The van der Waals surface area contributed by atoms with Crippen molar-refractivity contribution in [1.82, 2.24) is 9.97 Å². The van der Waals surface area contributed by atoms with Crippen LogP contribution in [0.25, 0.3) is 11.4 Å². The maximum Gasteiger partial charge on any atom is 0.280 e. The third-order valence-corrected chi connectivity index (χ3v) is 2.69. The first-order valence-corrected chi connectivity index (χ1v) is 5.93. The van der Waals surface area contributed by atoms with Gasteiger partial charge in [-0.1, -0.05) is 30.3 Å². The Bertz CT molecular complexity index is 560. The summed E-state index contributed by atoms with van der Waals surface area (Å²) in [6, 6.07) is 10.1. The molecule has 0 aliphatic carbocycles. The molecule has 106 valence electrons. The van der Waals surface area contributed by atoms with Crippen molar-refractivity contribution < 1.29 is 18.3 Å². The van der Waals surface area contributed by atoms with Crippen LogP contribution in [0.1, 0.15) is 24.1 Å². The van der Waals surface area contributed by atoms with Crippen LogP contribution in [0, 0.1) is 0 Å². The zero-order valence-electron chi connectivity index (χ0n) is 11.1. The van der Waals surface area contributed by atoms with Gasteiger partial charge >= 0.3 is 0 Å². The first-order chi connectivity index (χ1) is 9.65.